The van der Waals surface area contributed by atoms with E-state index in [2.05, 4.69) is 12.1 Å². The van der Waals surface area contributed by atoms with Gasteiger partial charge in [0, 0.05) is 5.39 Å². The van der Waals surface area contributed by atoms with Gasteiger partial charge in [0.1, 0.15) is 5.75 Å². The molecule has 5 rings (SSSR count). The van der Waals surface area contributed by atoms with Crippen LogP contribution in [0.3, 0.4) is 0 Å². The summed E-state index contributed by atoms with van der Waals surface area (Å²) in [6, 6.07) is 14.0. The lowest BCUT2D eigenvalue weighted by Gasteiger charge is -2.44. The fraction of sp³-hybridized carbons (Fsp3) is 0.421. The highest BCUT2D eigenvalue weighted by atomic mass is 16.5. The molecule has 0 radical (unpaired) electrons. The first-order valence-electron chi connectivity index (χ1n) is 7.97. The molecule has 0 N–H and O–H groups in total. The zero-order chi connectivity index (χ0) is 14.3. The predicted octanol–water partition coefficient (Wildman–Crippen LogP) is 4.72. The van der Waals surface area contributed by atoms with E-state index in [9.17, 15) is 4.79 Å². The average molecular weight is 280 g/mol. The van der Waals surface area contributed by atoms with Gasteiger partial charge >= 0.3 is 5.97 Å². The van der Waals surface area contributed by atoms with Crippen LogP contribution in [-0.2, 0) is 4.79 Å². The lowest BCUT2D eigenvalue weighted by atomic mass is 9.61. The number of hydrogen-bond donors (Lipinski definition) is 0. The number of hydrogen-bond acceptors (Lipinski definition) is 2. The van der Waals surface area contributed by atoms with Crippen LogP contribution >= 0.6 is 0 Å². The second kappa shape index (κ2) is 4.87. The molecule has 0 unspecified atom stereocenters. The van der Waals surface area contributed by atoms with Gasteiger partial charge in [0.2, 0.25) is 0 Å². The molecular weight excluding hydrogens is 260 g/mol. The molecule has 2 nitrogen and oxygen atoms in total. The number of ether oxygens (including phenoxy) is 1. The molecule has 0 atom stereocenters. The Morgan fingerprint density at radius 2 is 1.62 bits per heavy atom. The van der Waals surface area contributed by atoms with E-state index in [0.717, 1.165) is 36.0 Å². The van der Waals surface area contributed by atoms with Crippen molar-refractivity contribution in [2.24, 2.45) is 11.3 Å². The van der Waals surface area contributed by atoms with Crippen molar-refractivity contribution >= 4 is 16.7 Å². The molecule has 3 saturated carbocycles. The number of carbonyl (C=O) groups is 1. The number of benzene rings is 2. The van der Waals surface area contributed by atoms with Crippen molar-refractivity contribution in [3.8, 4) is 5.75 Å². The van der Waals surface area contributed by atoms with Gasteiger partial charge in [0.25, 0.3) is 0 Å². The zero-order valence-electron chi connectivity index (χ0n) is 12.2. The lowest BCUT2D eigenvalue weighted by Crippen LogP contribution is -2.42. The third kappa shape index (κ3) is 2.14. The van der Waals surface area contributed by atoms with Crippen LogP contribution in [0.15, 0.2) is 42.5 Å². The first kappa shape index (κ1) is 12.9. The summed E-state index contributed by atoms with van der Waals surface area (Å²) in [7, 11) is 0. The Labute approximate surface area is 125 Å². The highest BCUT2D eigenvalue weighted by Crippen LogP contribution is 2.51. The van der Waals surface area contributed by atoms with Gasteiger partial charge in [0.15, 0.2) is 0 Å². The fourth-order valence-corrected chi connectivity index (χ4v) is 4.05. The SMILES string of the molecule is O=C(Oc1cccc2ccccc12)C12CCC(CC1)CC2. The molecule has 2 heteroatoms. The van der Waals surface area contributed by atoms with Crippen molar-refractivity contribution in [2.75, 3.05) is 0 Å². The molecule has 2 bridgehead atoms. The Morgan fingerprint density at radius 3 is 2.38 bits per heavy atom. The summed E-state index contributed by atoms with van der Waals surface area (Å²) in [6.45, 7) is 0. The maximum absolute atomic E-state index is 12.8. The van der Waals surface area contributed by atoms with Crippen LogP contribution in [0.1, 0.15) is 38.5 Å². The first-order valence-corrected chi connectivity index (χ1v) is 7.97. The summed E-state index contributed by atoms with van der Waals surface area (Å²) in [5.41, 5.74) is -0.203. The minimum absolute atomic E-state index is 0.00277. The summed E-state index contributed by atoms with van der Waals surface area (Å²) in [4.78, 5) is 12.8. The largest absolute Gasteiger partial charge is 0.425 e. The molecule has 3 fully saturated rings. The van der Waals surface area contributed by atoms with Crippen molar-refractivity contribution in [1.82, 2.24) is 0 Å². The number of fused-ring (bicyclic) bond motifs is 4. The Morgan fingerprint density at radius 1 is 0.952 bits per heavy atom. The molecule has 2 aromatic rings. The van der Waals surface area contributed by atoms with Crippen LogP contribution < -0.4 is 4.74 Å². The van der Waals surface area contributed by atoms with E-state index in [1.54, 1.807) is 0 Å². The summed E-state index contributed by atoms with van der Waals surface area (Å²) < 4.78 is 5.85. The summed E-state index contributed by atoms with van der Waals surface area (Å²) in [5, 5.41) is 2.14. The smallest absolute Gasteiger partial charge is 0.317 e. The van der Waals surface area contributed by atoms with Crippen molar-refractivity contribution < 1.29 is 9.53 Å². The Balaban J connectivity index is 1.64. The van der Waals surface area contributed by atoms with E-state index in [1.165, 1.54) is 19.3 Å². The average Bonchev–Trinajstić information content (AvgIpc) is 2.57. The molecule has 0 spiro atoms. The van der Waals surface area contributed by atoms with E-state index < -0.39 is 0 Å². The second-order valence-electron chi connectivity index (χ2n) is 6.63. The number of esters is 1. The van der Waals surface area contributed by atoms with Crippen LogP contribution in [0.25, 0.3) is 10.8 Å². The molecule has 3 aliphatic carbocycles. The van der Waals surface area contributed by atoms with Crippen LogP contribution in [0, 0.1) is 11.3 Å². The Kier molecular flexibility index (Phi) is 2.99. The molecule has 0 aromatic heterocycles. The van der Waals surface area contributed by atoms with Crippen molar-refractivity contribution in [2.45, 2.75) is 38.5 Å². The minimum Gasteiger partial charge on any atom is -0.425 e. The van der Waals surface area contributed by atoms with Crippen LogP contribution in [0.5, 0.6) is 5.75 Å². The quantitative estimate of drug-likeness (QED) is 0.588. The van der Waals surface area contributed by atoms with E-state index in [0.29, 0.717) is 5.75 Å². The normalized spacial score (nSPS) is 27.7. The zero-order valence-corrected chi connectivity index (χ0v) is 12.2. The third-order valence-electron chi connectivity index (χ3n) is 5.48. The van der Waals surface area contributed by atoms with Crippen molar-refractivity contribution in [3.05, 3.63) is 42.5 Å². The highest BCUT2D eigenvalue weighted by molar-refractivity contribution is 5.91. The number of rotatable bonds is 2. The molecule has 108 valence electrons. The van der Waals surface area contributed by atoms with Crippen LogP contribution in [-0.4, -0.2) is 5.97 Å². The molecular formula is C19H20O2. The summed E-state index contributed by atoms with van der Waals surface area (Å²) in [6.07, 6.45) is 6.64. The van der Waals surface area contributed by atoms with Gasteiger partial charge in [-0.25, -0.2) is 0 Å². The molecule has 0 heterocycles. The van der Waals surface area contributed by atoms with E-state index >= 15 is 0 Å². The van der Waals surface area contributed by atoms with Gasteiger partial charge in [0.05, 0.1) is 5.41 Å². The topological polar surface area (TPSA) is 26.3 Å². The molecule has 21 heavy (non-hydrogen) atoms. The van der Waals surface area contributed by atoms with E-state index in [1.807, 2.05) is 30.3 Å². The van der Waals surface area contributed by atoms with Crippen LogP contribution in [0.4, 0.5) is 0 Å². The van der Waals surface area contributed by atoms with Gasteiger partial charge in [-0.15, -0.1) is 0 Å². The van der Waals surface area contributed by atoms with Crippen molar-refractivity contribution in [1.29, 1.82) is 0 Å². The van der Waals surface area contributed by atoms with Crippen molar-refractivity contribution in [3.63, 3.8) is 0 Å². The summed E-state index contributed by atoms with van der Waals surface area (Å²) in [5.74, 6) is 1.56. The Bertz CT molecular complexity index is 662. The van der Waals surface area contributed by atoms with Gasteiger partial charge < -0.3 is 4.74 Å². The third-order valence-corrected chi connectivity index (χ3v) is 5.48. The molecule has 3 aliphatic rings. The maximum atomic E-state index is 12.8. The Hall–Kier alpha value is -1.83. The summed E-state index contributed by atoms with van der Waals surface area (Å²) >= 11 is 0. The van der Waals surface area contributed by atoms with Gasteiger partial charge in [-0.2, -0.15) is 0 Å². The molecule has 0 aliphatic heterocycles. The van der Waals surface area contributed by atoms with Gasteiger partial charge in [-0.05, 0) is 55.9 Å². The maximum Gasteiger partial charge on any atom is 0.317 e. The fourth-order valence-electron chi connectivity index (χ4n) is 4.05. The van der Waals surface area contributed by atoms with Gasteiger partial charge in [-0.1, -0.05) is 36.4 Å². The lowest BCUT2D eigenvalue weighted by molar-refractivity contribution is -0.152. The molecule has 0 saturated heterocycles. The first-order chi connectivity index (χ1) is 10.3. The number of carbonyl (C=O) groups excluding carboxylic acids is 1. The molecule has 2 aromatic carbocycles. The predicted molar refractivity (Wildman–Crippen MR) is 83.2 cm³/mol. The van der Waals surface area contributed by atoms with E-state index in [4.69, 9.17) is 4.74 Å². The highest BCUT2D eigenvalue weighted by Gasteiger charge is 2.47. The standard InChI is InChI=1S/C19H20O2/c20-18(19-11-8-14(9-12-19)10-13-19)21-17-7-3-5-15-4-1-2-6-16(15)17/h1-7,14H,8-13H2. The second-order valence-corrected chi connectivity index (χ2v) is 6.63. The van der Waals surface area contributed by atoms with Crippen LogP contribution in [0.2, 0.25) is 0 Å². The minimum atomic E-state index is -0.203. The monoisotopic (exact) mass is 280 g/mol. The van der Waals surface area contributed by atoms with E-state index in [-0.39, 0.29) is 11.4 Å². The molecule has 0 amide bonds. The van der Waals surface area contributed by atoms with Gasteiger partial charge in [-0.3, -0.25) is 4.79 Å².